The van der Waals surface area contributed by atoms with Crippen molar-refractivity contribution in [1.29, 1.82) is 0 Å². The van der Waals surface area contributed by atoms with Gasteiger partial charge in [0.05, 0.1) is 15.7 Å². The van der Waals surface area contributed by atoms with Gasteiger partial charge in [0.25, 0.3) is 5.56 Å². The van der Waals surface area contributed by atoms with Crippen LogP contribution in [0.3, 0.4) is 0 Å². The van der Waals surface area contributed by atoms with Crippen LogP contribution in [0.15, 0.2) is 34.6 Å². The van der Waals surface area contributed by atoms with Gasteiger partial charge < -0.3 is 0 Å². The van der Waals surface area contributed by atoms with E-state index in [4.69, 9.17) is 23.2 Å². The first-order chi connectivity index (χ1) is 9.63. The van der Waals surface area contributed by atoms with Gasteiger partial charge in [-0.15, -0.1) is 0 Å². The molecule has 2 aromatic heterocycles. The smallest absolute Gasteiger partial charge is 0.267 e. The van der Waals surface area contributed by atoms with Crippen LogP contribution in [0.2, 0.25) is 10.0 Å². The molecule has 0 radical (unpaired) electrons. The molecule has 4 nitrogen and oxygen atoms in total. The first kappa shape index (κ1) is 13.3. The lowest BCUT2D eigenvalue weighted by molar-refractivity contribution is 0.897. The Morgan fingerprint density at radius 2 is 2.00 bits per heavy atom. The molecule has 3 rings (SSSR count). The zero-order valence-electron chi connectivity index (χ0n) is 9.96. The second-order valence-corrected chi connectivity index (χ2v) is 5.59. The minimum atomic E-state index is -0.204. The standard InChI is InChI=1S/C13H7Cl2N3OS/c14-10-4-2-8(5-11(10)15)1-3-9-6-12(19)18-13(17-9)20-7-16-18/h1-7H/b3-1+. The van der Waals surface area contributed by atoms with Crippen molar-refractivity contribution in [3.05, 3.63) is 61.4 Å². The van der Waals surface area contributed by atoms with E-state index in [1.807, 2.05) is 12.1 Å². The molecule has 20 heavy (non-hydrogen) atoms. The molecule has 0 bridgehead atoms. The van der Waals surface area contributed by atoms with Crippen LogP contribution in [0.25, 0.3) is 17.1 Å². The van der Waals surface area contributed by atoms with Crippen molar-refractivity contribution < 1.29 is 0 Å². The predicted molar refractivity (Wildman–Crippen MR) is 82.5 cm³/mol. The van der Waals surface area contributed by atoms with E-state index >= 15 is 0 Å². The Morgan fingerprint density at radius 3 is 2.80 bits per heavy atom. The van der Waals surface area contributed by atoms with Crippen molar-refractivity contribution in [3.8, 4) is 0 Å². The number of fused-ring (bicyclic) bond motifs is 1. The molecule has 0 fully saturated rings. The number of aromatic nitrogens is 3. The van der Waals surface area contributed by atoms with E-state index in [9.17, 15) is 4.79 Å². The molecule has 7 heteroatoms. The van der Waals surface area contributed by atoms with Crippen LogP contribution in [0.5, 0.6) is 0 Å². The Balaban J connectivity index is 1.97. The molecule has 0 unspecified atom stereocenters. The number of benzene rings is 1. The fraction of sp³-hybridized carbons (Fsp3) is 0. The van der Waals surface area contributed by atoms with Crippen molar-refractivity contribution in [2.45, 2.75) is 0 Å². The summed E-state index contributed by atoms with van der Waals surface area (Å²) in [6.07, 6.45) is 3.57. The van der Waals surface area contributed by atoms with Crippen molar-refractivity contribution >= 4 is 51.7 Å². The first-order valence-corrected chi connectivity index (χ1v) is 7.24. The van der Waals surface area contributed by atoms with E-state index in [-0.39, 0.29) is 5.56 Å². The van der Waals surface area contributed by atoms with Crippen LogP contribution in [-0.4, -0.2) is 14.6 Å². The lowest BCUT2D eigenvalue weighted by Gasteiger charge is -1.98. The van der Waals surface area contributed by atoms with Crippen LogP contribution >= 0.6 is 34.5 Å². The van der Waals surface area contributed by atoms with E-state index in [0.717, 1.165) is 5.56 Å². The highest BCUT2D eigenvalue weighted by Gasteiger charge is 2.02. The predicted octanol–water partition coefficient (Wildman–Crippen LogP) is 3.63. The van der Waals surface area contributed by atoms with Gasteiger partial charge in [-0.1, -0.05) is 46.7 Å². The monoisotopic (exact) mass is 323 g/mol. The minimum Gasteiger partial charge on any atom is -0.267 e. The molecule has 0 saturated heterocycles. The topological polar surface area (TPSA) is 47.3 Å². The van der Waals surface area contributed by atoms with Crippen LogP contribution < -0.4 is 5.56 Å². The number of rotatable bonds is 2. The quantitative estimate of drug-likeness (QED) is 0.723. The van der Waals surface area contributed by atoms with Gasteiger partial charge in [0.15, 0.2) is 0 Å². The first-order valence-electron chi connectivity index (χ1n) is 5.60. The fourth-order valence-electron chi connectivity index (χ4n) is 1.66. The molecule has 0 aliphatic rings. The van der Waals surface area contributed by atoms with Gasteiger partial charge in [-0.3, -0.25) is 4.79 Å². The van der Waals surface area contributed by atoms with E-state index in [1.54, 1.807) is 23.7 Å². The minimum absolute atomic E-state index is 0.204. The third-order valence-corrected chi connectivity index (χ3v) is 4.01. The number of halogens is 2. The van der Waals surface area contributed by atoms with Gasteiger partial charge in [-0.05, 0) is 23.8 Å². The van der Waals surface area contributed by atoms with Gasteiger partial charge in [0.2, 0.25) is 4.96 Å². The summed E-state index contributed by atoms with van der Waals surface area (Å²) in [5.41, 5.74) is 2.83. The number of nitrogens with zero attached hydrogens (tertiary/aromatic N) is 3. The highest BCUT2D eigenvalue weighted by molar-refractivity contribution is 7.14. The average Bonchev–Trinajstić information content (AvgIpc) is 2.89. The third kappa shape index (κ3) is 2.60. The average molecular weight is 324 g/mol. The molecule has 0 amide bonds. The molecule has 2 heterocycles. The van der Waals surface area contributed by atoms with Gasteiger partial charge in [0, 0.05) is 6.07 Å². The molecule has 1 aromatic carbocycles. The maximum atomic E-state index is 11.8. The summed E-state index contributed by atoms with van der Waals surface area (Å²) in [4.78, 5) is 16.7. The highest BCUT2D eigenvalue weighted by Crippen LogP contribution is 2.23. The lowest BCUT2D eigenvalue weighted by atomic mass is 10.2. The Morgan fingerprint density at radius 1 is 1.15 bits per heavy atom. The summed E-state index contributed by atoms with van der Waals surface area (Å²) >= 11 is 13.1. The summed E-state index contributed by atoms with van der Waals surface area (Å²) in [5.74, 6) is 0. The second kappa shape index (κ2) is 5.36. The molecule has 0 saturated carbocycles. The Bertz CT molecular complexity index is 869. The lowest BCUT2D eigenvalue weighted by Crippen LogP contribution is -2.13. The SMILES string of the molecule is O=c1cc(/C=C/c2ccc(Cl)c(Cl)c2)nc2scnn12. The summed E-state index contributed by atoms with van der Waals surface area (Å²) in [5, 5.41) is 4.89. The summed E-state index contributed by atoms with van der Waals surface area (Å²) in [7, 11) is 0. The zero-order chi connectivity index (χ0) is 14.1. The molecule has 0 aliphatic heterocycles. The summed E-state index contributed by atoms with van der Waals surface area (Å²) in [6.45, 7) is 0. The maximum Gasteiger partial charge on any atom is 0.275 e. The van der Waals surface area contributed by atoms with Crippen LogP contribution in [0.1, 0.15) is 11.3 Å². The normalized spacial score (nSPS) is 11.5. The molecule has 0 N–H and O–H groups in total. The number of hydrogen-bond acceptors (Lipinski definition) is 4. The molecule has 0 atom stereocenters. The van der Waals surface area contributed by atoms with E-state index in [1.165, 1.54) is 21.9 Å². The second-order valence-electron chi connectivity index (χ2n) is 3.96. The zero-order valence-corrected chi connectivity index (χ0v) is 12.3. The van der Waals surface area contributed by atoms with Crippen LogP contribution in [-0.2, 0) is 0 Å². The van der Waals surface area contributed by atoms with E-state index in [2.05, 4.69) is 10.1 Å². The maximum absolute atomic E-state index is 11.8. The van der Waals surface area contributed by atoms with Crippen molar-refractivity contribution in [1.82, 2.24) is 14.6 Å². The van der Waals surface area contributed by atoms with Crippen molar-refractivity contribution in [2.75, 3.05) is 0 Å². The van der Waals surface area contributed by atoms with Gasteiger partial charge in [-0.2, -0.15) is 9.61 Å². The van der Waals surface area contributed by atoms with Gasteiger partial charge in [-0.25, -0.2) is 4.98 Å². The molecular formula is C13H7Cl2N3OS. The molecule has 100 valence electrons. The summed E-state index contributed by atoms with van der Waals surface area (Å²) < 4.78 is 1.27. The highest BCUT2D eigenvalue weighted by atomic mass is 35.5. The molecule has 0 aliphatic carbocycles. The molecule has 0 spiro atoms. The molecule has 3 aromatic rings. The van der Waals surface area contributed by atoms with Crippen LogP contribution in [0, 0.1) is 0 Å². The Kier molecular flexibility index (Phi) is 3.56. The summed E-state index contributed by atoms with van der Waals surface area (Å²) in [6, 6.07) is 6.74. The Labute approximate surface area is 127 Å². The Hall–Kier alpha value is -1.69. The van der Waals surface area contributed by atoms with Gasteiger partial charge >= 0.3 is 0 Å². The largest absolute Gasteiger partial charge is 0.275 e. The van der Waals surface area contributed by atoms with Crippen molar-refractivity contribution in [3.63, 3.8) is 0 Å². The van der Waals surface area contributed by atoms with E-state index < -0.39 is 0 Å². The van der Waals surface area contributed by atoms with E-state index in [0.29, 0.717) is 20.7 Å². The third-order valence-electron chi connectivity index (χ3n) is 2.60. The fourth-order valence-corrected chi connectivity index (χ4v) is 2.59. The number of hydrogen-bond donors (Lipinski definition) is 0. The van der Waals surface area contributed by atoms with Gasteiger partial charge in [0.1, 0.15) is 5.51 Å². The van der Waals surface area contributed by atoms with Crippen molar-refractivity contribution in [2.24, 2.45) is 0 Å². The molecular weight excluding hydrogens is 317 g/mol. The van der Waals surface area contributed by atoms with Crippen LogP contribution in [0.4, 0.5) is 0 Å².